The number of hydrogen-bond donors (Lipinski definition) is 0. The van der Waals surface area contributed by atoms with Crippen LogP contribution in [0.5, 0.6) is 11.5 Å². The number of hydrogen-bond acceptors (Lipinski definition) is 4. The van der Waals surface area contributed by atoms with E-state index < -0.39 is 0 Å². The Bertz CT molecular complexity index is 2200. The molecule has 44 heavy (non-hydrogen) atoms. The van der Waals surface area contributed by atoms with Crippen molar-refractivity contribution in [1.29, 1.82) is 0 Å². The maximum atomic E-state index is 6.41. The number of benzene rings is 6. The Hall–Kier alpha value is -5.74. The maximum Gasteiger partial charge on any atom is 0.135 e. The van der Waals surface area contributed by atoms with E-state index in [0.717, 1.165) is 88.0 Å². The fourth-order valence-electron chi connectivity index (χ4n) is 6.64. The number of methoxy groups -OCH3 is 2. The Labute approximate surface area is 255 Å². The van der Waals surface area contributed by atoms with Crippen LogP contribution in [0.2, 0.25) is 0 Å². The van der Waals surface area contributed by atoms with E-state index in [1.165, 1.54) is 0 Å². The highest BCUT2D eigenvalue weighted by Gasteiger charge is 2.26. The summed E-state index contributed by atoms with van der Waals surface area (Å²) in [5, 5.41) is 8.77. The van der Waals surface area contributed by atoms with E-state index in [4.69, 9.17) is 9.47 Å². The monoisotopic (exact) mass is 568 g/mol. The van der Waals surface area contributed by atoms with Crippen molar-refractivity contribution in [1.82, 2.24) is 9.97 Å². The summed E-state index contributed by atoms with van der Waals surface area (Å²) >= 11 is 0. The molecule has 8 aromatic rings. The van der Waals surface area contributed by atoms with Crippen molar-refractivity contribution < 1.29 is 9.47 Å². The van der Waals surface area contributed by atoms with Crippen LogP contribution in [0.4, 0.5) is 0 Å². The second-order valence-corrected chi connectivity index (χ2v) is 10.9. The van der Waals surface area contributed by atoms with Gasteiger partial charge in [0.2, 0.25) is 0 Å². The highest BCUT2D eigenvalue weighted by molar-refractivity contribution is 6.16. The summed E-state index contributed by atoms with van der Waals surface area (Å²) in [5.74, 6) is 1.55. The number of fused-ring (bicyclic) bond motifs is 4. The van der Waals surface area contributed by atoms with Gasteiger partial charge in [-0.25, -0.2) is 0 Å². The molecule has 0 saturated heterocycles. The topological polar surface area (TPSA) is 44.2 Å². The lowest BCUT2D eigenvalue weighted by molar-refractivity contribution is 0.413. The Morgan fingerprint density at radius 2 is 0.750 bits per heavy atom. The minimum Gasteiger partial charge on any atom is -0.495 e. The molecule has 0 unspecified atom stereocenters. The van der Waals surface area contributed by atoms with E-state index in [2.05, 4.69) is 107 Å². The van der Waals surface area contributed by atoms with Gasteiger partial charge in [0.15, 0.2) is 0 Å². The van der Waals surface area contributed by atoms with E-state index in [9.17, 15) is 0 Å². The molecule has 2 aromatic heterocycles. The largest absolute Gasteiger partial charge is 0.495 e. The number of pyridine rings is 2. The van der Waals surface area contributed by atoms with Crippen molar-refractivity contribution in [3.63, 3.8) is 0 Å². The smallest absolute Gasteiger partial charge is 0.135 e. The standard InChI is InChI=1S/C40H28N2O2/c1-43-39-33(35-23-41-21-27-13-5-7-15-29(27)35)19-25-11-3-9-17-31(25)37(39)38-32-18-10-4-12-26(32)20-34(40(38)44-2)36-24-42-22-28-14-6-8-16-30(28)36/h3-24H,1-2H3. The molecule has 0 N–H and O–H groups in total. The summed E-state index contributed by atoms with van der Waals surface area (Å²) in [6, 6.07) is 38.1. The van der Waals surface area contributed by atoms with Gasteiger partial charge in [0.25, 0.3) is 0 Å². The van der Waals surface area contributed by atoms with Crippen LogP contribution in [0.1, 0.15) is 0 Å². The highest BCUT2D eigenvalue weighted by Crippen LogP contribution is 2.53. The molecule has 0 radical (unpaired) electrons. The summed E-state index contributed by atoms with van der Waals surface area (Å²) in [6.07, 6.45) is 7.69. The molecule has 6 aromatic carbocycles. The van der Waals surface area contributed by atoms with Crippen LogP contribution in [0.15, 0.2) is 134 Å². The summed E-state index contributed by atoms with van der Waals surface area (Å²) in [4.78, 5) is 9.25. The molecule has 210 valence electrons. The zero-order valence-corrected chi connectivity index (χ0v) is 24.4. The van der Waals surface area contributed by atoms with Crippen molar-refractivity contribution >= 4 is 43.1 Å². The first-order valence-corrected chi connectivity index (χ1v) is 14.6. The molecule has 4 heteroatoms. The van der Waals surface area contributed by atoms with Gasteiger partial charge in [-0.1, -0.05) is 97.1 Å². The predicted octanol–water partition coefficient (Wildman–Crippen LogP) is 10.1. The SMILES string of the molecule is COc1c(-c2cncc3ccccc23)cc2ccccc2c1-c1c(OC)c(-c2cncc3ccccc23)cc2ccccc12. The van der Waals surface area contributed by atoms with E-state index in [-0.39, 0.29) is 0 Å². The molecule has 0 aliphatic rings. The fraction of sp³-hybridized carbons (Fsp3) is 0.0500. The van der Waals surface area contributed by atoms with Crippen molar-refractivity contribution in [2.45, 2.75) is 0 Å². The molecule has 0 spiro atoms. The van der Waals surface area contributed by atoms with Crippen LogP contribution < -0.4 is 9.47 Å². The number of aromatic nitrogens is 2. The highest BCUT2D eigenvalue weighted by atomic mass is 16.5. The minimum atomic E-state index is 0.776. The summed E-state index contributed by atoms with van der Waals surface area (Å²) in [7, 11) is 3.51. The van der Waals surface area contributed by atoms with Crippen molar-refractivity contribution in [2.75, 3.05) is 14.2 Å². The molecule has 0 bridgehead atoms. The van der Waals surface area contributed by atoms with Crippen LogP contribution in [0.25, 0.3) is 76.5 Å². The van der Waals surface area contributed by atoms with Crippen LogP contribution in [0.3, 0.4) is 0 Å². The van der Waals surface area contributed by atoms with Gasteiger partial charge in [-0.15, -0.1) is 0 Å². The zero-order chi connectivity index (χ0) is 29.6. The third-order valence-electron chi connectivity index (χ3n) is 8.58. The van der Waals surface area contributed by atoms with E-state index in [1.807, 2.05) is 36.9 Å². The Balaban J connectivity index is 1.56. The van der Waals surface area contributed by atoms with E-state index >= 15 is 0 Å². The van der Waals surface area contributed by atoms with Gasteiger partial charge in [0.05, 0.1) is 14.2 Å². The van der Waals surface area contributed by atoms with Gasteiger partial charge >= 0.3 is 0 Å². The van der Waals surface area contributed by atoms with Crippen LogP contribution >= 0.6 is 0 Å². The molecule has 0 saturated carbocycles. The lowest BCUT2D eigenvalue weighted by Gasteiger charge is -2.23. The third-order valence-corrected chi connectivity index (χ3v) is 8.58. The first-order valence-electron chi connectivity index (χ1n) is 14.6. The van der Waals surface area contributed by atoms with Crippen molar-refractivity contribution in [3.8, 4) is 44.9 Å². The van der Waals surface area contributed by atoms with Gasteiger partial charge in [-0.3, -0.25) is 9.97 Å². The Kier molecular flexibility index (Phi) is 6.20. The average molecular weight is 569 g/mol. The lowest BCUT2D eigenvalue weighted by atomic mass is 9.85. The summed E-state index contributed by atoms with van der Waals surface area (Å²) in [6.45, 7) is 0. The van der Waals surface area contributed by atoms with Crippen molar-refractivity contribution in [2.24, 2.45) is 0 Å². The molecule has 0 aliphatic carbocycles. The first-order chi connectivity index (χ1) is 21.8. The quantitative estimate of drug-likeness (QED) is 0.207. The Morgan fingerprint density at radius 3 is 1.16 bits per heavy atom. The van der Waals surface area contributed by atoms with Crippen molar-refractivity contribution in [3.05, 3.63) is 134 Å². The number of ether oxygens (including phenoxy) is 2. The summed E-state index contributed by atoms with van der Waals surface area (Å²) in [5.41, 5.74) is 5.96. The molecule has 0 fully saturated rings. The van der Waals surface area contributed by atoms with E-state index in [1.54, 1.807) is 14.2 Å². The molecule has 0 aliphatic heterocycles. The van der Waals surface area contributed by atoms with Gasteiger partial charge in [0.1, 0.15) is 11.5 Å². The van der Waals surface area contributed by atoms with Gasteiger partial charge in [-0.05, 0) is 44.5 Å². The zero-order valence-electron chi connectivity index (χ0n) is 24.4. The molecule has 4 nitrogen and oxygen atoms in total. The molecule has 8 rings (SSSR count). The molecule has 0 amide bonds. The second kappa shape index (κ2) is 10.5. The normalized spacial score (nSPS) is 11.4. The Morgan fingerprint density at radius 1 is 0.386 bits per heavy atom. The second-order valence-electron chi connectivity index (χ2n) is 10.9. The predicted molar refractivity (Wildman–Crippen MR) is 181 cm³/mol. The van der Waals surface area contributed by atoms with E-state index in [0.29, 0.717) is 0 Å². The third kappa shape index (κ3) is 3.99. The fourth-order valence-corrected chi connectivity index (χ4v) is 6.64. The van der Waals surface area contributed by atoms with Gasteiger partial charge < -0.3 is 9.47 Å². The molecular formula is C40H28N2O2. The summed E-state index contributed by atoms with van der Waals surface area (Å²) < 4.78 is 12.8. The first kappa shape index (κ1) is 25.9. The van der Waals surface area contributed by atoms with Gasteiger partial charge in [0, 0.05) is 68.9 Å². The van der Waals surface area contributed by atoms with Crippen LogP contribution in [-0.4, -0.2) is 24.2 Å². The lowest BCUT2D eigenvalue weighted by Crippen LogP contribution is -1.99. The number of rotatable bonds is 5. The average Bonchev–Trinajstić information content (AvgIpc) is 3.09. The number of nitrogens with zero attached hydrogens (tertiary/aromatic N) is 2. The van der Waals surface area contributed by atoms with Gasteiger partial charge in [-0.2, -0.15) is 0 Å². The molecule has 2 heterocycles. The molecule has 0 atom stereocenters. The van der Waals surface area contributed by atoms with Crippen LogP contribution in [0, 0.1) is 0 Å². The van der Waals surface area contributed by atoms with Crippen LogP contribution in [-0.2, 0) is 0 Å². The maximum absolute atomic E-state index is 6.41. The molecular weight excluding hydrogens is 540 g/mol. The minimum absolute atomic E-state index is 0.776.